The second-order valence-corrected chi connectivity index (χ2v) is 10.0. The molecule has 0 unspecified atom stereocenters. The summed E-state index contributed by atoms with van der Waals surface area (Å²) in [5.74, 6) is -2.68. The lowest BCUT2D eigenvalue weighted by Gasteiger charge is -2.66. The predicted molar refractivity (Wildman–Crippen MR) is 110 cm³/mol. The number of halogens is 1. The van der Waals surface area contributed by atoms with Gasteiger partial charge in [-0.1, -0.05) is 35.7 Å². The van der Waals surface area contributed by atoms with Crippen LogP contribution in [0.15, 0.2) is 23.2 Å². The van der Waals surface area contributed by atoms with Gasteiger partial charge in [-0.05, 0) is 44.1 Å². The lowest BCUT2D eigenvalue weighted by molar-refractivity contribution is -0.218. The minimum Gasteiger partial charge on any atom is -0.390 e. The molecule has 0 aromatic heterocycles. The molecule has 30 heavy (non-hydrogen) atoms. The Morgan fingerprint density at radius 3 is 2.50 bits per heavy atom. The second kappa shape index (κ2) is 6.20. The van der Waals surface area contributed by atoms with Gasteiger partial charge in [0.25, 0.3) is 0 Å². The molecule has 0 aromatic rings. The highest BCUT2D eigenvalue weighted by atomic mass is 19.1. The van der Waals surface area contributed by atoms with Gasteiger partial charge in [0.1, 0.15) is 20.1 Å². The molecule has 3 N–H and O–H groups in total. The first kappa shape index (κ1) is 22.0. The van der Waals surface area contributed by atoms with Crippen molar-refractivity contribution in [3.63, 3.8) is 0 Å². The van der Waals surface area contributed by atoms with Crippen molar-refractivity contribution in [2.45, 2.75) is 62.1 Å². The molecule has 0 aliphatic heterocycles. The molecule has 4 rings (SSSR count). The number of allylic oxidation sites excluding steroid dienone is 4. The molecule has 0 heterocycles. The van der Waals surface area contributed by atoms with E-state index in [1.54, 1.807) is 6.92 Å². The zero-order chi connectivity index (χ0) is 22.5. The maximum absolute atomic E-state index is 17.1. The van der Waals surface area contributed by atoms with Crippen molar-refractivity contribution in [1.82, 2.24) is 0 Å². The zero-order valence-electron chi connectivity index (χ0n) is 17.2. The first-order valence-electron chi connectivity index (χ1n) is 10.3. The summed E-state index contributed by atoms with van der Waals surface area (Å²) in [5.41, 5.74) is -6.97. The van der Waals surface area contributed by atoms with Crippen molar-refractivity contribution in [1.29, 1.82) is 0 Å². The molecule has 3 saturated carbocycles. The van der Waals surface area contributed by atoms with E-state index in [-0.39, 0.29) is 30.3 Å². The minimum atomic E-state index is -2.26. The molecular weight excluding hydrogens is 384 g/mol. The lowest BCUT2D eigenvalue weighted by Crippen LogP contribution is -2.70. The van der Waals surface area contributed by atoms with Gasteiger partial charge in [0.2, 0.25) is 0 Å². The smallest absolute Gasteiger partial charge is 0.190 e. The maximum Gasteiger partial charge on any atom is 0.190 e. The van der Waals surface area contributed by atoms with E-state index in [1.807, 2.05) is 0 Å². The summed E-state index contributed by atoms with van der Waals surface area (Å²) in [4.78, 5) is 24.6. The van der Waals surface area contributed by atoms with E-state index in [9.17, 15) is 24.9 Å². The number of aliphatic hydroxyl groups excluding tert-OH is 2. The predicted octanol–water partition coefficient (Wildman–Crippen LogP) is 0.209. The van der Waals surface area contributed by atoms with Crippen LogP contribution in [0.25, 0.3) is 0 Å². The molecule has 6 radical (unpaired) electrons. The molecule has 0 bridgehead atoms. The van der Waals surface area contributed by atoms with Crippen LogP contribution in [0.4, 0.5) is 4.39 Å². The number of rotatable bonds is 2. The maximum atomic E-state index is 17.1. The molecule has 154 valence electrons. The number of carbonyl (C=O) groups excluding carboxylic acids is 2. The number of fused-ring (bicyclic) bond motifs is 5. The Bertz CT molecular complexity index is 903. The minimum absolute atomic E-state index is 0.0465. The molecule has 0 saturated heterocycles. The molecule has 0 spiro atoms. The van der Waals surface area contributed by atoms with Crippen molar-refractivity contribution in [2.75, 3.05) is 6.61 Å². The van der Waals surface area contributed by atoms with E-state index in [1.165, 1.54) is 19.1 Å². The average Bonchev–Trinajstić information content (AvgIpc) is 2.92. The topological polar surface area (TPSA) is 94.8 Å². The number of hydrogen-bond acceptors (Lipinski definition) is 5. The van der Waals surface area contributed by atoms with E-state index in [0.29, 0.717) is 6.42 Å². The largest absolute Gasteiger partial charge is 0.390 e. The van der Waals surface area contributed by atoms with Crippen molar-refractivity contribution in [3.05, 3.63) is 23.2 Å². The summed E-state index contributed by atoms with van der Waals surface area (Å²) in [6.07, 6.45) is 1.03. The van der Waals surface area contributed by atoms with E-state index in [4.69, 9.17) is 23.5 Å². The van der Waals surface area contributed by atoms with E-state index in [2.05, 4.69) is 0 Å². The SMILES string of the molecule is [B]C1=C2C([B])([B])C[C@H]3[C@@H]4CC[C@](O)(C(=O)CO)[C@@]4(C)C[C@H](O)[C@]3(F)[C@@]2(C)C=CC1=O. The van der Waals surface area contributed by atoms with Gasteiger partial charge in [-0.25, -0.2) is 4.39 Å². The van der Waals surface area contributed by atoms with Gasteiger partial charge in [0.15, 0.2) is 17.2 Å². The van der Waals surface area contributed by atoms with Crippen LogP contribution in [-0.4, -0.2) is 74.4 Å². The quantitative estimate of drug-likeness (QED) is 0.569. The van der Waals surface area contributed by atoms with Gasteiger partial charge in [0.05, 0.1) is 21.8 Å². The van der Waals surface area contributed by atoms with E-state index >= 15 is 4.39 Å². The van der Waals surface area contributed by atoms with Gasteiger partial charge in [0, 0.05) is 10.8 Å². The molecular formula is C21H24B3FO5. The number of alkyl halides is 1. The van der Waals surface area contributed by atoms with Crippen LogP contribution in [0.2, 0.25) is 5.21 Å². The fraction of sp³-hybridized carbons (Fsp3) is 0.714. The number of aliphatic hydroxyl groups is 3. The van der Waals surface area contributed by atoms with Crippen LogP contribution in [0.3, 0.4) is 0 Å². The van der Waals surface area contributed by atoms with Crippen molar-refractivity contribution < 1.29 is 29.3 Å². The highest BCUT2D eigenvalue weighted by molar-refractivity contribution is 6.46. The Kier molecular flexibility index (Phi) is 4.55. The summed E-state index contributed by atoms with van der Waals surface area (Å²) in [6, 6.07) is 0. The third-order valence-electron chi connectivity index (χ3n) is 8.75. The molecule has 5 nitrogen and oxygen atoms in total. The molecule has 4 aliphatic carbocycles. The Morgan fingerprint density at radius 1 is 1.27 bits per heavy atom. The molecule has 0 amide bonds. The first-order chi connectivity index (χ1) is 13.7. The van der Waals surface area contributed by atoms with Gasteiger partial charge < -0.3 is 15.3 Å². The Morgan fingerprint density at radius 2 is 1.90 bits per heavy atom. The van der Waals surface area contributed by atoms with Crippen molar-refractivity contribution >= 4 is 35.1 Å². The molecule has 9 heteroatoms. The van der Waals surface area contributed by atoms with Gasteiger partial charge in [-0.3, -0.25) is 9.59 Å². The van der Waals surface area contributed by atoms with Gasteiger partial charge in [-0.2, -0.15) is 0 Å². The normalized spacial score (nSPS) is 49.4. The van der Waals surface area contributed by atoms with Crippen molar-refractivity contribution in [3.8, 4) is 0 Å². The lowest BCUT2D eigenvalue weighted by atomic mass is 9.32. The number of ketones is 2. The fourth-order valence-electron chi connectivity index (χ4n) is 7.28. The van der Waals surface area contributed by atoms with Crippen LogP contribution in [0.5, 0.6) is 0 Å². The van der Waals surface area contributed by atoms with Crippen LogP contribution in [-0.2, 0) is 9.59 Å². The number of Topliss-reactive ketones (excluding diaryl/α,β-unsaturated/α-hetero) is 1. The highest BCUT2D eigenvalue weighted by Gasteiger charge is 2.75. The standard InChI is InChI=1S/C21H24B3FO5/c1-17-5-4-12(27)15(22)16(17)20(23,24)7-11-10-3-6-19(30,14(29)9-26)18(10,2)8-13(28)21(11,17)25/h4-5,10-11,13,26,28,30H,3,6-9H2,1-2H3/t10-,11-,13-,17-,18-,19-,21-/m0/s1. The monoisotopic (exact) mass is 408 g/mol. The Labute approximate surface area is 179 Å². The molecule has 7 atom stereocenters. The van der Waals surface area contributed by atoms with Gasteiger partial charge in [-0.15, -0.1) is 0 Å². The van der Waals surface area contributed by atoms with Crippen molar-refractivity contribution in [2.24, 2.45) is 22.7 Å². The second-order valence-electron chi connectivity index (χ2n) is 10.0. The first-order valence-corrected chi connectivity index (χ1v) is 10.3. The van der Waals surface area contributed by atoms with E-state index < -0.39 is 63.4 Å². The van der Waals surface area contributed by atoms with Crippen LogP contribution in [0.1, 0.15) is 39.5 Å². The molecule has 3 fully saturated rings. The van der Waals surface area contributed by atoms with E-state index in [0.717, 1.165) is 0 Å². The highest BCUT2D eigenvalue weighted by Crippen LogP contribution is 2.73. The summed E-state index contributed by atoms with van der Waals surface area (Å²) < 4.78 is 17.1. The fourth-order valence-corrected chi connectivity index (χ4v) is 7.28. The van der Waals surface area contributed by atoms with Crippen LogP contribution < -0.4 is 0 Å². The Balaban J connectivity index is 1.91. The van der Waals surface area contributed by atoms with Crippen LogP contribution >= 0.6 is 0 Å². The average molecular weight is 408 g/mol. The number of hydrogen-bond donors (Lipinski definition) is 3. The molecule has 0 aromatic carbocycles. The summed E-state index contributed by atoms with van der Waals surface area (Å²) in [7, 11) is 18.8. The van der Waals surface area contributed by atoms with Crippen LogP contribution in [0, 0.1) is 22.7 Å². The third kappa shape index (κ3) is 2.27. The summed E-state index contributed by atoms with van der Waals surface area (Å²) in [5, 5.41) is 30.2. The summed E-state index contributed by atoms with van der Waals surface area (Å²) >= 11 is 0. The Hall–Kier alpha value is -1.18. The number of carbonyl (C=O) groups is 2. The third-order valence-corrected chi connectivity index (χ3v) is 8.75. The van der Waals surface area contributed by atoms with Gasteiger partial charge >= 0.3 is 0 Å². The zero-order valence-corrected chi connectivity index (χ0v) is 17.2. The summed E-state index contributed by atoms with van der Waals surface area (Å²) in [6.45, 7) is 2.34. The molecule has 4 aliphatic rings.